The highest BCUT2D eigenvalue weighted by Crippen LogP contribution is 2.57. The summed E-state index contributed by atoms with van der Waals surface area (Å²) >= 11 is 0. The summed E-state index contributed by atoms with van der Waals surface area (Å²) in [5.74, 6) is 0. The van der Waals surface area contributed by atoms with Crippen molar-refractivity contribution in [2.45, 2.75) is 51.4 Å². The zero-order valence-corrected chi connectivity index (χ0v) is 45.0. The molecular weight excluding hydrogens is 970 g/mol. The summed E-state index contributed by atoms with van der Waals surface area (Å²) in [5, 5.41) is 0. The molecule has 80 heavy (non-hydrogen) atoms. The number of para-hydroxylation sites is 5. The summed E-state index contributed by atoms with van der Waals surface area (Å²) in [6.07, 6.45) is 8.84. The molecule has 0 radical (unpaired) electrons. The first kappa shape index (κ1) is 45.0. The van der Waals surface area contributed by atoms with E-state index in [0.717, 1.165) is 77.5 Å². The van der Waals surface area contributed by atoms with E-state index < -0.39 is 0 Å². The van der Waals surface area contributed by atoms with Crippen molar-refractivity contribution in [1.29, 1.82) is 0 Å². The number of benzene rings is 10. The molecule has 6 nitrogen and oxygen atoms in total. The van der Waals surface area contributed by atoms with E-state index in [2.05, 4.69) is 236 Å². The average molecular weight is 1030 g/mol. The van der Waals surface area contributed by atoms with Gasteiger partial charge in [0.05, 0.1) is 0 Å². The van der Waals surface area contributed by atoms with E-state index in [1.54, 1.807) is 0 Å². The molecule has 0 unspecified atom stereocenters. The number of nitrogens with zero attached hydrogens (tertiary/aromatic N) is 6. The summed E-state index contributed by atoms with van der Waals surface area (Å²) in [7, 11) is 0. The number of hydrogen-bond donors (Lipinski definition) is 0. The molecule has 8 heterocycles. The third kappa shape index (κ3) is 6.22. The molecule has 382 valence electrons. The van der Waals surface area contributed by atoms with Crippen molar-refractivity contribution in [3.63, 3.8) is 0 Å². The van der Waals surface area contributed by atoms with Crippen LogP contribution in [0.25, 0.3) is 11.1 Å². The van der Waals surface area contributed by atoms with Crippen molar-refractivity contribution >= 4 is 126 Å². The largest absolute Gasteiger partial charge is 0.371 e. The quantitative estimate of drug-likeness (QED) is 0.159. The third-order valence-corrected chi connectivity index (χ3v) is 19.3. The predicted octanol–water partition coefficient (Wildman–Crippen LogP) is 12.9. The first-order chi connectivity index (χ1) is 39.8. The fourth-order valence-electron chi connectivity index (χ4n) is 16.4. The zero-order chi connectivity index (χ0) is 52.2. The minimum absolute atomic E-state index is 0.0103. The number of hydrogen-bond acceptors (Lipinski definition) is 6. The lowest BCUT2D eigenvalue weighted by atomic mass is 9.30. The Morgan fingerprint density at radius 3 is 1.04 bits per heavy atom. The van der Waals surface area contributed by atoms with E-state index in [-0.39, 0.29) is 13.4 Å². The maximum atomic E-state index is 2.77. The van der Waals surface area contributed by atoms with Crippen LogP contribution in [0.3, 0.4) is 0 Å². The molecule has 8 heteroatoms. The third-order valence-electron chi connectivity index (χ3n) is 19.3. The molecule has 0 spiro atoms. The van der Waals surface area contributed by atoms with Crippen LogP contribution in [-0.4, -0.2) is 39.6 Å². The Morgan fingerprint density at radius 1 is 0.263 bits per heavy atom. The maximum absolute atomic E-state index is 2.77. The first-order valence-electron chi connectivity index (χ1n) is 29.6. The van der Waals surface area contributed by atoms with Crippen molar-refractivity contribution in [2.24, 2.45) is 0 Å². The van der Waals surface area contributed by atoms with Crippen LogP contribution >= 0.6 is 0 Å². The van der Waals surface area contributed by atoms with Crippen LogP contribution in [0, 0.1) is 0 Å². The van der Waals surface area contributed by atoms with E-state index in [0.29, 0.717) is 0 Å². The highest BCUT2D eigenvalue weighted by Gasteiger charge is 2.52. The SMILES string of the molecule is c1ccc(-c2ccc3c(c2)N(c2ccccc2)c2c4c5c(c6c2B3c2cc3c(cc2N6c2ccccc2)N(c2ccccc2)c2c6c7c(c8c2B3c2ccccc2N8c2ccccc2)CCCN7CCC6)CCCN5CCC4)cc1. The summed E-state index contributed by atoms with van der Waals surface area (Å²) in [6.45, 7) is 4.35. The van der Waals surface area contributed by atoms with Crippen molar-refractivity contribution in [1.82, 2.24) is 0 Å². The fraction of sp³-hybridized carbons (Fsp3) is 0.167. The van der Waals surface area contributed by atoms with Gasteiger partial charge in [-0.2, -0.15) is 0 Å². The van der Waals surface area contributed by atoms with Gasteiger partial charge in [-0.05, 0) is 184 Å². The van der Waals surface area contributed by atoms with Crippen LogP contribution in [0.5, 0.6) is 0 Å². The van der Waals surface area contributed by atoms with Gasteiger partial charge in [0.25, 0.3) is 13.4 Å². The van der Waals surface area contributed by atoms with E-state index in [4.69, 9.17) is 0 Å². The molecule has 0 atom stereocenters. The average Bonchev–Trinajstić information content (AvgIpc) is 2.56. The van der Waals surface area contributed by atoms with Crippen LogP contribution in [0.1, 0.15) is 47.9 Å². The molecule has 8 aliphatic rings. The molecule has 18 rings (SSSR count). The molecule has 0 saturated heterocycles. The molecule has 0 amide bonds. The summed E-state index contributed by atoms with van der Waals surface area (Å²) in [5.41, 5.74) is 35.5. The van der Waals surface area contributed by atoms with Gasteiger partial charge in [-0.15, -0.1) is 0 Å². The van der Waals surface area contributed by atoms with Gasteiger partial charge in [0, 0.05) is 106 Å². The van der Waals surface area contributed by atoms with Gasteiger partial charge in [-0.3, -0.25) is 0 Å². The van der Waals surface area contributed by atoms with E-state index in [1.165, 1.54) is 146 Å². The molecule has 0 aliphatic carbocycles. The molecule has 10 aromatic rings. The molecule has 0 fully saturated rings. The smallest absolute Gasteiger partial charge is 0.252 e. The Kier molecular flexibility index (Phi) is 9.75. The molecule has 0 bridgehead atoms. The van der Waals surface area contributed by atoms with E-state index in [9.17, 15) is 0 Å². The number of fused-ring (bicyclic) bond motifs is 12. The Balaban J connectivity index is 1.00. The van der Waals surface area contributed by atoms with Crippen LogP contribution in [0.15, 0.2) is 206 Å². The zero-order valence-electron chi connectivity index (χ0n) is 45.0. The van der Waals surface area contributed by atoms with Crippen molar-refractivity contribution in [2.75, 3.05) is 55.6 Å². The normalized spacial score (nSPS) is 16.4. The van der Waals surface area contributed by atoms with Gasteiger partial charge in [-0.1, -0.05) is 140 Å². The number of anilines is 14. The van der Waals surface area contributed by atoms with Crippen LogP contribution < -0.4 is 62.2 Å². The van der Waals surface area contributed by atoms with Crippen molar-refractivity contribution in [3.05, 3.63) is 229 Å². The number of rotatable bonds is 5. The van der Waals surface area contributed by atoms with Gasteiger partial charge in [0.15, 0.2) is 0 Å². The second-order valence-corrected chi connectivity index (χ2v) is 23.4. The molecular formula is C72H58B2N6. The molecule has 10 aromatic carbocycles. The van der Waals surface area contributed by atoms with E-state index >= 15 is 0 Å². The first-order valence-corrected chi connectivity index (χ1v) is 29.6. The maximum Gasteiger partial charge on any atom is 0.252 e. The molecule has 0 N–H and O–H groups in total. The second kappa shape index (κ2) is 17.3. The Hall–Kier alpha value is -8.87. The highest BCUT2D eigenvalue weighted by atomic mass is 15.2. The summed E-state index contributed by atoms with van der Waals surface area (Å²) < 4.78 is 0. The summed E-state index contributed by atoms with van der Waals surface area (Å²) in [4.78, 5) is 16.4. The molecule has 0 saturated carbocycles. The predicted molar refractivity (Wildman–Crippen MR) is 338 cm³/mol. The Morgan fingerprint density at radius 2 is 0.613 bits per heavy atom. The van der Waals surface area contributed by atoms with Gasteiger partial charge in [-0.25, -0.2) is 0 Å². The van der Waals surface area contributed by atoms with Gasteiger partial charge < -0.3 is 29.4 Å². The summed E-state index contributed by atoms with van der Waals surface area (Å²) in [6, 6.07) is 78.9. The molecule has 0 aromatic heterocycles. The lowest BCUT2D eigenvalue weighted by molar-refractivity contribution is 0.635. The van der Waals surface area contributed by atoms with Gasteiger partial charge in [0.2, 0.25) is 0 Å². The van der Waals surface area contributed by atoms with Gasteiger partial charge in [0.1, 0.15) is 0 Å². The second-order valence-electron chi connectivity index (χ2n) is 23.4. The van der Waals surface area contributed by atoms with Crippen LogP contribution in [0.4, 0.5) is 79.6 Å². The van der Waals surface area contributed by atoms with E-state index in [1.807, 2.05) is 0 Å². The Labute approximate surface area is 469 Å². The van der Waals surface area contributed by atoms with Crippen LogP contribution in [0.2, 0.25) is 0 Å². The van der Waals surface area contributed by atoms with Crippen molar-refractivity contribution in [3.8, 4) is 11.1 Å². The Bertz CT molecular complexity index is 4190. The lowest BCUT2D eigenvalue weighted by Crippen LogP contribution is -2.66. The topological polar surface area (TPSA) is 19.4 Å². The lowest BCUT2D eigenvalue weighted by Gasteiger charge is -2.51. The minimum Gasteiger partial charge on any atom is -0.371 e. The fourth-order valence-corrected chi connectivity index (χ4v) is 16.4. The van der Waals surface area contributed by atoms with Crippen molar-refractivity contribution < 1.29 is 0 Å². The minimum atomic E-state index is -0.0390. The standard InChI is InChI=1S/C72H58B2N6/c1-6-22-47(23-7-1)48-38-39-58-62(44-48)78(50-26-10-3-11-27-50)70-54-33-19-42-76-43-21-35-56(68(54)76)72-66(70)74(58)60-45-59-63(46-64(60)80(72)52-30-14-5-15-31-52)79(51-28-12-4-13-29-51)71-55-34-20-41-75-40-18-32-53(67(55)75)69-65(71)73(59)57-36-16-17-37-61(57)77(69)49-24-8-2-9-25-49/h1-17,22-31,36-39,44-46H,18-21,32-35,40-43H2. The molecule has 8 aliphatic heterocycles. The van der Waals surface area contributed by atoms with Gasteiger partial charge >= 0.3 is 0 Å². The van der Waals surface area contributed by atoms with Crippen LogP contribution in [-0.2, 0) is 25.7 Å². The highest BCUT2D eigenvalue weighted by molar-refractivity contribution is 7.03. The monoisotopic (exact) mass is 1030 g/mol.